The molecule has 0 aromatic heterocycles. The van der Waals surface area contributed by atoms with Gasteiger partial charge in [0, 0.05) is 38.2 Å². The van der Waals surface area contributed by atoms with Crippen molar-refractivity contribution >= 4 is 29.6 Å². The van der Waals surface area contributed by atoms with E-state index in [9.17, 15) is 14.7 Å². The zero-order chi connectivity index (χ0) is 24.8. The van der Waals surface area contributed by atoms with Gasteiger partial charge in [-0.25, -0.2) is 0 Å². The van der Waals surface area contributed by atoms with Crippen LogP contribution in [0, 0.1) is 0 Å². The number of anilines is 1. The molecule has 3 aromatic carbocycles. The van der Waals surface area contributed by atoms with Gasteiger partial charge in [0.2, 0.25) is 6.41 Å². The largest absolute Gasteiger partial charge is 0.390 e. The fourth-order valence-corrected chi connectivity index (χ4v) is 4.67. The number of aliphatic hydroxyl groups excluding tert-OH is 1. The number of likely N-dealkylation sites (N-methyl/N-ethyl adjacent to an activating group) is 1. The lowest BCUT2D eigenvalue weighted by atomic mass is 10.00. The molecule has 0 bridgehead atoms. The van der Waals surface area contributed by atoms with Gasteiger partial charge in [-0.2, -0.15) is 0 Å². The summed E-state index contributed by atoms with van der Waals surface area (Å²) in [5.41, 5.74) is 4.49. The Morgan fingerprint density at radius 2 is 1.74 bits per heavy atom. The van der Waals surface area contributed by atoms with Gasteiger partial charge in [0.25, 0.3) is 5.91 Å². The lowest BCUT2D eigenvalue weighted by molar-refractivity contribution is -0.107. The quantitative estimate of drug-likeness (QED) is 0.460. The number of hydrogen-bond acceptors (Lipinski definition) is 4. The summed E-state index contributed by atoms with van der Waals surface area (Å²) >= 11 is 5.97. The smallest absolute Gasteiger partial charge is 0.255 e. The van der Waals surface area contributed by atoms with Crippen molar-refractivity contribution in [1.82, 2.24) is 9.80 Å². The summed E-state index contributed by atoms with van der Waals surface area (Å²) in [6.07, 6.45) is 1.00. The van der Waals surface area contributed by atoms with E-state index in [4.69, 9.17) is 11.6 Å². The highest BCUT2D eigenvalue weighted by atomic mass is 35.5. The molecule has 7 heteroatoms. The second-order valence-corrected chi connectivity index (χ2v) is 9.41. The Balaban J connectivity index is 1.40. The number of fused-ring (bicyclic) bond motifs is 1. The molecule has 0 radical (unpaired) electrons. The van der Waals surface area contributed by atoms with Gasteiger partial charge in [-0.05, 0) is 47.4 Å². The van der Waals surface area contributed by atoms with E-state index in [1.165, 1.54) is 20.9 Å². The number of carbonyl (C=O) groups is 2. The molecular weight excluding hydrogens is 462 g/mol. The summed E-state index contributed by atoms with van der Waals surface area (Å²) in [5, 5.41) is 11.4. The van der Waals surface area contributed by atoms with Gasteiger partial charge in [-0.1, -0.05) is 60.1 Å². The second-order valence-electron chi connectivity index (χ2n) is 8.97. The van der Waals surface area contributed by atoms with E-state index in [1.807, 2.05) is 18.2 Å². The van der Waals surface area contributed by atoms with Crippen molar-refractivity contribution in [2.45, 2.75) is 25.6 Å². The normalized spacial score (nSPS) is 14.1. The number of halogens is 1. The first-order valence-corrected chi connectivity index (χ1v) is 12.1. The van der Waals surface area contributed by atoms with Gasteiger partial charge in [0.05, 0.1) is 23.9 Å². The first-order chi connectivity index (χ1) is 16.9. The Labute approximate surface area is 211 Å². The van der Waals surface area contributed by atoms with Gasteiger partial charge in [0.1, 0.15) is 0 Å². The van der Waals surface area contributed by atoms with Crippen LogP contribution in [0.4, 0.5) is 5.69 Å². The summed E-state index contributed by atoms with van der Waals surface area (Å²) in [4.78, 5) is 30.5. The van der Waals surface area contributed by atoms with E-state index >= 15 is 0 Å². The number of hydrogen-bond donors (Lipinski definition) is 1. The molecule has 1 aliphatic rings. The number of carbonyl (C=O) groups excluding carboxylic acids is 2. The molecule has 6 nitrogen and oxygen atoms in total. The molecule has 0 saturated heterocycles. The van der Waals surface area contributed by atoms with Gasteiger partial charge in [-0.3, -0.25) is 14.5 Å². The van der Waals surface area contributed by atoms with Crippen LogP contribution in [-0.2, 0) is 24.3 Å². The molecule has 3 aromatic rings. The lowest BCUT2D eigenvalue weighted by Gasteiger charge is -2.31. The van der Waals surface area contributed by atoms with Crippen LogP contribution in [0.25, 0.3) is 0 Å². The SMILES string of the molecule is CN(CC(O)CN1CCc2ccccc2C1)C(=O)c1ccccc1N(C=O)Cc1ccc(Cl)cc1. The number of rotatable bonds is 9. The number of amides is 2. The number of nitrogens with zero attached hydrogens (tertiary/aromatic N) is 3. The van der Waals surface area contributed by atoms with E-state index in [-0.39, 0.29) is 12.5 Å². The summed E-state index contributed by atoms with van der Waals surface area (Å²) in [6, 6.07) is 22.7. The molecule has 1 N–H and O–H groups in total. The predicted octanol–water partition coefficient (Wildman–Crippen LogP) is 3.99. The van der Waals surface area contributed by atoms with Crippen molar-refractivity contribution in [3.63, 3.8) is 0 Å². The highest BCUT2D eigenvalue weighted by Gasteiger charge is 2.23. The maximum atomic E-state index is 13.3. The van der Waals surface area contributed by atoms with Gasteiger partial charge < -0.3 is 14.9 Å². The molecule has 0 aliphatic carbocycles. The molecule has 1 unspecified atom stereocenters. The third kappa shape index (κ3) is 6.28. The summed E-state index contributed by atoms with van der Waals surface area (Å²) in [7, 11) is 1.68. The second kappa shape index (κ2) is 11.5. The van der Waals surface area contributed by atoms with Crippen LogP contribution in [-0.4, -0.2) is 60.0 Å². The van der Waals surface area contributed by atoms with Crippen molar-refractivity contribution in [2.24, 2.45) is 0 Å². The van der Waals surface area contributed by atoms with Crippen molar-refractivity contribution in [3.05, 3.63) is 100 Å². The topological polar surface area (TPSA) is 64.1 Å². The number of benzene rings is 3. The maximum Gasteiger partial charge on any atom is 0.255 e. The molecule has 1 aliphatic heterocycles. The van der Waals surface area contributed by atoms with Crippen LogP contribution in [0.5, 0.6) is 0 Å². The molecule has 35 heavy (non-hydrogen) atoms. The predicted molar refractivity (Wildman–Crippen MR) is 139 cm³/mol. The van der Waals surface area contributed by atoms with Gasteiger partial charge in [-0.15, -0.1) is 0 Å². The summed E-state index contributed by atoms with van der Waals surface area (Å²) < 4.78 is 0. The molecule has 1 heterocycles. The van der Waals surface area contributed by atoms with E-state index in [0.717, 1.165) is 31.5 Å². The van der Waals surface area contributed by atoms with Crippen LogP contribution < -0.4 is 4.90 Å². The van der Waals surface area contributed by atoms with Gasteiger partial charge >= 0.3 is 0 Å². The minimum absolute atomic E-state index is 0.198. The third-order valence-corrected chi connectivity index (χ3v) is 6.60. The van der Waals surface area contributed by atoms with Crippen LogP contribution in [0.1, 0.15) is 27.0 Å². The minimum atomic E-state index is -0.683. The molecule has 0 spiro atoms. The van der Waals surface area contributed by atoms with Crippen LogP contribution in [0.15, 0.2) is 72.8 Å². The molecule has 2 amide bonds. The first kappa shape index (κ1) is 24.9. The van der Waals surface area contributed by atoms with E-state index < -0.39 is 6.10 Å². The number of aliphatic hydroxyl groups is 1. The zero-order valence-electron chi connectivity index (χ0n) is 19.8. The Bertz CT molecular complexity index is 1170. The van der Waals surface area contributed by atoms with E-state index in [2.05, 4.69) is 23.1 Å². The zero-order valence-corrected chi connectivity index (χ0v) is 20.6. The number of para-hydroxylation sites is 1. The van der Waals surface area contributed by atoms with Crippen molar-refractivity contribution in [2.75, 3.05) is 31.6 Å². The van der Waals surface area contributed by atoms with E-state index in [0.29, 0.717) is 29.4 Å². The number of β-amino-alcohol motifs (C(OH)–C–C–N with tert-alkyl or cyclic N) is 1. The molecule has 0 saturated carbocycles. The third-order valence-electron chi connectivity index (χ3n) is 6.35. The van der Waals surface area contributed by atoms with E-state index in [1.54, 1.807) is 43.4 Å². The molecule has 1 atom stereocenters. The van der Waals surface area contributed by atoms with Gasteiger partial charge in [0.15, 0.2) is 0 Å². The van der Waals surface area contributed by atoms with Crippen molar-refractivity contribution in [1.29, 1.82) is 0 Å². The monoisotopic (exact) mass is 491 g/mol. The lowest BCUT2D eigenvalue weighted by Crippen LogP contribution is -2.42. The fourth-order valence-electron chi connectivity index (χ4n) is 4.54. The molecular formula is C28H30ClN3O3. The fraction of sp³-hybridized carbons (Fsp3) is 0.286. The maximum absolute atomic E-state index is 13.3. The average molecular weight is 492 g/mol. The highest BCUT2D eigenvalue weighted by molar-refractivity contribution is 6.30. The van der Waals surface area contributed by atoms with Crippen molar-refractivity contribution in [3.8, 4) is 0 Å². The van der Waals surface area contributed by atoms with Crippen LogP contribution in [0.3, 0.4) is 0 Å². The molecule has 0 fully saturated rings. The minimum Gasteiger partial charge on any atom is -0.390 e. The molecule has 4 rings (SSSR count). The van der Waals surface area contributed by atoms with Crippen LogP contribution >= 0.6 is 11.6 Å². The van der Waals surface area contributed by atoms with Crippen LogP contribution in [0.2, 0.25) is 5.02 Å². The summed E-state index contributed by atoms with van der Waals surface area (Å²) in [5.74, 6) is -0.244. The molecule has 182 valence electrons. The standard InChI is InChI=1S/C28H30ClN3O3/c1-30(18-25(34)19-31-15-14-22-6-2-3-7-23(22)17-31)28(35)26-8-4-5-9-27(26)32(20-33)16-21-10-12-24(29)13-11-21/h2-13,20,25,34H,14-19H2,1H3. The Morgan fingerprint density at radius 1 is 1.06 bits per heavy atom. The Kier molecular flexibility index (Phi) is 8.18. The average Bonchev–Trinajstić information content (AvgIpc) is 2.87. The first-order valence-electron chi connectivity index (χ1n) is 11.7. The Hall–Kier alpha value is -3.19. The Morgan fingerprint density at radius 3 is 2.49 bits per heavy atom. The van der Waals surface area contributed by atoms with Crippen molar-refractivity contribution < 1.29 is 14.7 Å². The summed E-state index contributed by atoms with van der Waals surface area (Å²) in [6.45, 7) is 2.68. The highest BCUT2D eigenvalue weighted by Crippen LogP contribution is 2.24.